The van der Waals surface area contributed by atoms with Crippen molar-refractivity contribution < 1.29 is 19.1 Å². The summed E-state index contributed by atoms with van der Waals surface area (Å²) in [5.41, 5.74) is 1.96. The Balaban J connectivity index is 1.11. The number of halogens is 1. The largest absolute Gasteiger partial charge is 0.454 e. The summed E-state index contributed by atoms with van der Waals surface area (Å²) in [4.78, 5) is 33.1. The minimum absolute atomic E-state index is 0.000893. The lowest BCUT2D eigenvalue weighted by atomic mass is 10.1. The predicted molar refractivity (Wildman–Crippen MR) is 120 cm³/mol. The van der Waals surface area contributed by atoms with Gasteiger partial charge in [0, 0.05) is 56.5 Å². The number of hydrogen-bond donors (Lipinski definition) is 0. The molecule has 168 valence electrons. The second-order valence-corrected chi connectivity index (χ2v) is 8.61. The fraction of sp³-hybridized carbons (Fsp3) is 0.391. The third kappa shape index (κ3) is 4.33. The van der Waals surface area contributed by atoms with E-state index in [1.807, 2.05) is 29.2 Å². The Labute approximate surface area is 191 Å². The van der Waals surface area contributed by atoms with Crippen LogP contribution in [0.15, 0.2) is 42.5 Å². The minimum atomic E-state index is -0.137. The molecule has 0 saturated carbocycles. The molecule has 5 rings (SSSR count). The molecule has 9 heteroatoms. The second-order valence-electron chi connectivity index (χ2n) is 8.18. The number of hydrogen-bond acceptors (Lipinski definition) is 5. The molecule has 2 fully saturated rings. The molecular formula is C23H25ClN4O4. The molecule has 3 aliphatic rings. The Morgan fingerprint density at radius 1 is 0.906 bits per heavy atom. The Morgan fingerprint density at radius 3 is 2.44 bits per heavy atom. The number of piperazine rings is 1. The van der Waals surface area contributed by atoms with Crippen LogP contribution in [0.25, 0.3) is 0 Å². The molecule has 0 bridgehead atoms. The summed E-state index contributed by atoms with van der Waals surface area (Å²) in [5, 5.41) is 0.630. The monoisotopic (exact) mass is 456 g/mol. The van der Waals surface area contributed by atoms with E-state index < -0.39 is 0 Å². The third-order valence-corrected chi connectivity index (χ3v) is 6.38. The summed E-state index contributed by atoms with van der Waals surface area (Å²) < 4.78 is 10.8. The van der Waals surface area contributed by atoms with Crippen LogP contribution in [0.5, 0.6) is 11.5 Å². The number of benzene rings is 2. The number of amides is 3. The summed E-state index contributed by atoms with van der Waals surface area (Å²) in [5.74, 6) is 1.58. The number of nitrogens with zero attached hydrogens (tertiary/aromatic N) is 4. The number of rotatable bonds is 5. The van der Waals surface area contributed by atoms with Gasteiger partial charge in [-0.1, -0.05) is 17.7 Å². The molecule has 3 aliphatic heterocycles. The molecule has 0 atom stereocenters. The van der Waals surface area contributed by atoms with E-state index in [1.54, 1.807) is 21.9 Å². The SMILES string of the molecule is O=C(CN1CCN(c2ccc(Cl)cc2)C1=O)N1CCN(Cc2ccc3c(c2)OCO3)CC1. The molecular weight excluding hydrogens is 432 g/mol. The van der Waals surface area contributed by atoms with E-state index in [-0.39, 0.29) is 25.3 Å². The normalized spacial score (nSPS) is 18.5. The van der Waals surface area contributed by atoms with Gasteiger partial charge in [-0.15, -0.1) is 0 Å². The summed E-state index contributed by atoms with van der Waals surface area (Å²) in [6, 6.07) is 13.1. The number of carbonyl (C=O) groups excluding carboxylic acids is 2. The van der Waals surface area contributed by atoms with E-state index in [2.05, 4.69) is 11.0 Å². The van der Waals surface area contributed by atoms with E-state index in [0.29, 0.717) is 31.2 Å². The van der Waals surface area contributed by atoms with Crippen LogP contribution in [0.1, 0.15) is 5.56 Å². The van der Waals surface area contributed by atoms with Crippen molar-refractivity contribution in [3.8, 4) is 11.5 Å². The number of anilines is 1. The first kappa shape index (κ1) is 20.9. The third-order valence-electron chi connectivity index (χ3n) is 6.13. The predicted octanol–water partition coefficient (Wildman–Crippen LogP) is 2.66. The van der Waals surface area contributed by atoms with Crippen molar-refractivity contribution in [3.63, 3.8) is 0 Å². The van der Waals surface area contributed by atoms with Crippen LogP contribution in [0.2, 0.25) is 5.02 Å². The van der Waals surface area contributed by atoms with Gasteiger partial charge in [-0.3, -0.25) is 14.6 Å². The first-order valence-electron chi connectivity index (χ1n) is 10.8. The summed E-state index contributed by atoms with van der Waals surface area (Å²) >= 11 is 5.94. The molecule has 0 unspecified atom stereocenters. The van der Waals surface area contributed by atoms with Crippen molar-refractivity contribution in [2.45, 2.75) is 6.54 Å². The first-order valence-corrected chi connectivity index (χ1v) is 11.2. The lowest BCUT2D eigenvalue weighted by molar-refractivity contribution is -0.133. The highest BCUT2D eigenvalue weighted by Crippen LogP contribution is 2.33. The maximum absolute atomic E-state index is 12.8. The lowest BCUT2D eigenvalue weighted by Crippen LogP contribution is -2.51. The molecule has 32 heavy (non-hydrogen) atoms. The van der Waals surface area contributed by atoms with Gasteiger partial charge in [0.1, 0.15) is 6.54 Å². The fourth-order valence-electron chi connectivity index (χ4n) is 4.31. The topological polar surface area (TPSA) is 65.6 Å². The zero-order valence-electron chi connectivity index (χ0n) is 17.7. The molecule has 3 amide bonds. The first-order chi connectivity index (χ1) is 15.6. The van der Waals surface area contributed by atoms with Crippen LogP contribution in [0, 0.1) is 0 Å². The maximum atomic E-state index is 12.8. The Morgan fingerprint density at radius 2 is 1.66 bits per heavy atom. The van der Waals surface area contributed by atoms with Crippen molar-refractivity contribution in [1.29, 1.82) is 0 Å². The van der Waals surface area contributed by atoms with E-state index in [1.165, 1.54) is 5.56 Å². The van der Waals surface area contributed by atoms with Crippen LogP contribution in [0.4, 0.5) is 10.5 Å². The van der Waals surface area contributed by atoms with Gasteiger partial charge in [0.15, 0.2) is 11.5 Å². The van der Waals surface area contributed by atoms with Gasteiger partial charge in [0.25, 0.3) is 0 Å². The van der Waals surface area contributed by atoms with E-state index in [0.717, 1.165) is 36.8 Å². The molecule has 8 nitrogen and oxygen atoms in total. The summed E-state index contributed by atoms with van der Waals surface area (Å²) in [6.45, 7) is 5.21. The standard InChI is InChI=1S/C23H25ClN4O4/c24-18-2-4-19(5-3-18)28-12-11-27(23(28)30)15-22(29)26-9-7-25(8-10-26)14-17-1-6-20-21(13-17)32-16-31-20/h1-6,13H,7-12,14-16H2. The number of ether oxygens (including phenoxy) is 2. The Bertz CT molecular complexity index is 1010. The highest BCUT2D eigenvalue weighted by atomic mass is 35.5. The summed E-state index contributed by atoms with van der Waals surface area (Å²) in [7, 11) is 0. The molecule has 2 saturated heterocycles. The minimum Gasteiger partial charge on any atom is -0.454 e. The zero-order chi connectivity index (χ0) is 22.1. The quantitative estimate of drug-likeness (QED) is 0.692. The Kier molecular flexibility index (Phi) is 5.80. The van der Waals surface area contributed by atoms with Gasteiger partial charge < -0.3 is 19.3 Å². The molecule has 0 N–H and O–H groups in total. The van der Waals surface area contributed by atoms with Crippen LogP contribution in [0.3, 0.4) is 0 Å². The van der Waals surface area contributed by atoms with E-state index in [4.69, 9.17) is 21.1 Å². The zero-order valence-corrected chi connectivity index (χ0v) is 18.5. The fourth-order valence-corrected chi connectivity index (χ4v) is 4.43. The molecule has 0 radical (unpaired) electrons. The van der Waals surface area contributed by atoms with Gasteiger partial charge in [0.05, 0.1) is 0 Å². The van der Waals surface area contributed by atoms with E-state index >= 15 is 0 Å². The van der Waals surface area contributed by atoms with Gasteiger partial charge in [0.2, 0.25) is 12.7 Å². The number of carbonyl (C=O) groups is 2. The Hall–Kier alpha value is -2.97. The van der Waals surface area contributed by atoms with Crippen molar-refractivity contribution in [2.24, 2.45) is 0 Å². The molecule has 2 aromatic carbocycles. The second kappa shape index (κ2) is 8.88. The molecule has 0 aromatic heterocycles. The van der Waals surface area contributed by atoms with Crippen molar-refractivity contribution in [1.82, 2.24) is 14.7 Å². The number of urea groups is 1. The van der Waals surface area contributed by atoms with Gasteiger partial charge >= 0.3 is 6.03 Å². The number of fused-ring (bicyclic) bond motifs is 1. The van der Waals surface area contributed by atoms with Crippen LogP contribution < -0.4 is 14.4 Å². The van der Waals surface area contributed by atoms with Crippen LogP contribution in [-0.2, 0) is 11.3 Å². The average Bonchev–Trinajstić information content (AvgIpc) is 3.41. The molecule has 2 aromatic rings. The average molecular weight is 457 g/mol. The smallest absolute Gasteiger partial charge is 0.325 e. The van der Waals surface area contributed by atoms with Crippen LogP contribution >= 0.6 is 11.6 Å². The van der Waals surface area contributed by atoms with Crippen LogP contribution in [-0.4, -0.2) is 79.2 Å². The van der Waals surface area contributed by atoms with Crippen molar-refractivity contribution >= 4 is 29.2 Å². The van der Waals surface area contributed by atoms with Gasteiger partial charge in [-0.2, -0.15) is 0 Å². The molecule has 0 aliphatic carbocycles. The molecule has 3 heterocycles. The van der Waals surface area contributed by atoms with Gasteiger partial charge in [-0.25, -0.2) is 4.79 Å². The summed E-state index contributed by atoms with van der Waals surface area (Å²) in [6.07, 6.45) is 0. The maximum Gasteiger partial charge on any atom is 0.325 e. The van der Waals surface area contributed by atoms with E-state index in [9.17, 15) is 9.59 Å². The molecule has 0 spiro atoms. The van der Waals surface area contributed by atoms with Crippen molar-refractivity contribution in [2.75, 3.05) is 57.5 Å². The highest BCUT2D eigenvalue weighted by Gasteiger charge is 2.32. The highest BCUT2D eigenvalue weighted by molar-refractivity contribution is 6.30. The van der Waals surface area contributed by atoms with Gasteiger partial charge in [-0.05, 0) is 42.0 Å². The van der Waals surface area contributed by atoms with Crippen molar-refractivity contribution in [3.05, 3.63) is 53.1 Å². The lowest BCUT2D eigenvalue weighted by Gasteiger charge is -2.35.